The number of carboxylic acid groups (broad SMARTS) is 1. The van der Waals surface area contributed by atoms with Gasteiger partial charge in [0.15, 0.2) is 0 Å². The minimum atomic E-state index is -0.862. The van der Waals surface area contributed by atoms with Gasteiger partial charge < -0.3 is 10.0 Å². The van der Waals surface area contributed by atoms with Crippen LogP contribution in [0.25, 0.3) is 0 Å². The van der Waals surface area contributed by atoms with E-state index in [0.717, 1.165) is 5.69 Å². The van der Waals surface area contributed by atoms with Crippen molar-refractivity contribution >= 4 is 11.9 Å². The number of nitrogens with zero attached hydrogens (tertiary/aromatic N) is 3. The highest BCUT2D eigenvalue weighted by molar-refractivity contribution is 5.72. The van der Waals surface area contributed by atoms with Gasteiger partial charge >= 0.3 is 5.97 Å². The van der Waals surface area contributed by atoms with Gasteiger partial charge in [0.2, 0.25) is 5.95 Å². The van der Waals surface area contributed by atoms with Crippen LogP contribution in [0.15, 0.2) is 12.3 Å². The Labute approximate surface area is 100 Å². The molecule has 1 aromatic heterocycles. The molecule has 2 rings (SSSR count). The van der Waals surface area contributed by atoms with Gasteiger partial charge in [-0.25, -0.2) is 9.97 Å². The van der Waals surface area contributed by atoms with Gasteiger partial charge in [-0.05, 0) is 32.8 Å². The molecule has 0 unspecified atom stereocenters. The standard InChI is InChI=1S/C12H17N3O2/c1-8(2)15(7-11(16)17)12-13-6-5-10(14-12)9-3-4-9/h5-6,8-9H,3-4,7H2,1-2H3,(H,16,17). The maximum absolute atomic E-state index is 10.8. The van der Waals surface area contributed by atoms with Crippen molar-refractivity contribution in [2.45, 2.75) is 38.6 Å². The van der Waals surface area contributed by atoms with Crippen molar-refractivity contribution in [3.8, 4) is 0 Å². The van der Waals surface area contributed by atoms with E-state index in [1.807, 2.05) is 19.9 Å². The number of carboxylic acids is 1. The summed E-state index contributed by atoms with van der Waals surface area (Å²) >= 11 is 0. The normalized spacial score (nSPS) is 15.0. The second-order valence-corrected chi connectivity index (χ2v) is 4.67. The predicted octanol–water partition coefficient (Wildman–Crippen LogP) is 1.65. The highest BCUT2D eigenvalue weighted by Gasteiger charge is 2.26. The number of hydrogen-bond acceptors (Lipinski definition) is 4. The van der Waals surface area contributed by atoms with E-state index in [-0.39, 0.29) is 12.6 Å². The molecule has 1 N–H and O–H groups in total. The first-order valence-corrected chi connectivity index (χ1v) is 5.89. The SMILES string of the molecule is CC(C)N(CC(=O)O)c1nccc(C2CC2)n1. The summed E-state index contributed by atoms with van der Waals surface area (Å²) < 4.78 is 0. The van der Waals surface area contributed by atoms with E-state index in [1.165, 1.54) is 12.8 Å². The van der Waals surface area contributed by atoms with Crippen LogP contribution >= 0.6 is 0 Å². The average Bonchev–Trinajstić information content (AvgIpc) is 3.09. The molecule has 0 radical (unpaired) electrons. The molecule has 1 fully saturated rings. The molecule has 1 aromatic rings. The third kappa shape index (κ3) is 2.93. The fourth-order valence-corrected chi connectivity index (χ4v) is 1.74. The Morgan fingerprint density at radius 3 is 2.82 bits per heavy atom. The molecule has 1 aliphatic rings. The number of aromatic nitrogens is 2. The van der Waals surface area contributed by atoms with Crippen molar-refractivity contribution in [3.63, 3.8) is 0 Å². The molecule has 0 amide bonds. The Hall–Kier alpha value is -1.65. The maximum Gasteiger partial charge on any atom is 0.323 e. The van der Waals surface area contributed by atoms with Crippen LogP contribution in [0.1, 0.15) is 38.3 Å². The Bertz CT molecular complexity index is 416. The highest BCUT2D eigenvalue weighted by Crippen LogP contribution is 2.39. The zero-order valence-corrected chi connectivity index (χ0v) is 10.1. The Kier molecular flexibility index (Phi) is 3.26. The monoisotopic (exact) mass is 235 g/mol. The van der Waals surface area contributed by atoms with E-state index in [9.17, 15) is 4.79 Å². The number of aliphatic carboxylic acids is 1. The Morgan fingerprint density at radius 2 is 2.29 bits per heavy atom. The summed E-state index contributed by atoms with van der Waals surface area (Å²) in [5.74, 6) is 0.210. The van der Waals surface area contributed by atoms with Crippen LogP contribution < -0.4 is 4.90 Å². The van der Waals surface area contributed by atoms with Crippen LogP contribution in [0, 0.1) is 0 Å². The lowest BCUT2D eigenvalue weighted by Crippen LogP contribution is -2.37. The largest absolute Gasteiger partial charge is 0.480 e. The third-order valence-corrected chi connectivity index (χ3v) is 2.85. The molecule has 0 bridgehead atoms. The van der Waals surface area contributed by atoms with Crippen molar-refractivity contribution in [1.82, 2.24) is 9.97 Å². The fraction of sp³-hybridized carbons (Fsp3) is 0.583. The van der Waals surface area contributed by atoms with Crippen LogP contribution in [-0.2, 0) is 4.79 Å². The molecule has 0 aliphatic heterocycles. The molecule has 1 saturated carbocycles. The lowest BCUT2D eigenvalue weighted by atomic mass is 10.3. The van der Waals surface area contributed by atoms with Crippen molar-refractivity contribution < 1.29 is 9.90 Å². The van der Waals surface area contributed by atoms with Crippen LogP contribution in [0.3, 0.4) is 0 Å². The van der Waals surface area contributed by atoms with Gasteiger partial charge in [-0.2, -0.15) is 0 Å². The Morgan fingerprint density at radius 1 is 1.59 bits per heavy atom. The maximum atomic E-state index is 10.8. The summed E-state index contributed by atoms with van der Waals surface area (Å²) in [6, 6.07) is 1.99. The van der Waals surface area contributed by atoms with E-state index in [1.54, 1.807) is 11.1 Å². The van der Waals surface area contributed by atoms with Gasteiger partial charge in [-0.3, -0.25) is 4.79 Å². The van der Waals surface area contributed by atoms with Gasteiger partial charge in [0.05, 0.1) is 0 Å². The molecule has 1 heterocycles. The third-order valence-electron chi connectivity index (χ3n) is 2.85. The van der Waals surface area contributed by atoms with Crippen LogP contribution in [0.5, 0.6) is 0 Å². The number of anilines is 1. The molecule has 5 heteroatoms. The van der Waals surface area contributed by atoms with E-state index in [0.29, 0.717) is 11.9 Å². The molecule has 0 aromatic carbocycles. The minimum Gasteiger partial charge on any atom is -0.480 e. The van der Waals surface area contributed by atoms with Crippen molar-refractivity contribution in [1.29, 1.82) is 0 Å². The van der Waals surface area contributed by atoms with E-state index in [4.69, 9.17) is 5.11 Å². The lowest BCUT2D eigenvalue weighted by molar-refractivity contribution is -0.135. The molecule has 17 heavy (non-hydrogen) atoms. The minimum absolute atomic E-state index is 0.0637. The Balaban J connectivity index is 2.21. The van der Waals surface area contributed by atoms with Crippen molar-refractivity contribution in [3.05, 3.63) is 18.0 Å². The molecule has 0 atom stereocenters. The fourth-order valence-electron chi connectivity index (χ4n) is 1.74. The summed E-state index contributed by atoms with van der Waals surface area (Å²) in [5, 5.41) is 8.89. The zero-order chi connectivity index (χ0) is 12.4. The van der Waals surface area contributed by atoms with Crippen LogP contribution in [0.4, 0.5) is 5.95 Å². The lowest BCUT2D eigenvalue weighted by Gasteiger charge is -2.24. The van der Waals surface area contributed by atoms with Crippen molar-refractivity contribution in [2.75, 3.05) is 11.4 Å². The number of hydrogen-bond donors (Lipinski definition) is 1. The summed E-state index contributed by atoms with van der Waals surface area (Å²) in [6.07, 6.45) is 4.07. The molecular formula is C12H17N3O2. The summed E-state index contributed by atoms with van der Waals surface area (Å²) in [5.41, 5.74) is 1.03. The molecular weight excluding hydrogens is 218 g/mol. The summed E-state index contributed by atoms with van der Waals surface area (Å²) in [7, 11) is 0. The molecule has 0 spiro atoms. The van der Waals surface area contributed by atoms with Crippen LogP contribution in [0.2, 0.25) is 0 Å². The van der Waals surface area contributed by atoms with Gasteiger partial charge in [0.1, 0.15) is 6.54 Å². The van der Waals surface area contributed by atoms with Gasteiger partial charge in [-0.15, -0.1) is 0 Å². The van der Waals surface area contributed by atoms with Crippen LogP contribution in [-0.4, -0.2) is 33.6 Å². The van der Waals surface area contributed by atoms with Gasteiger partial charge in [0.25, 0.3) is 0 Å². The first kappa shape index (κ1) is 11.8. The first-order chi connectivity index (χ1) is 8.08. The van der Waals surface area contributed by atoms with Gasteiger partial charge in [-0.1, -0.05) is 0 Å². The number of carbonyl (C=O) groups is 1. The molecule has 1 aliphatic carbocycles. The zero-order valence-electron chi connectivity index (χ0n) is 10.1. The van der Waals surface area contributed by atoms with Crippen molar-refractivity contribution in [2.24, 2.45) is 0 Å². The first-order valence-electron chi connectivity index (χ1n) is 5.89. The topological polar surface area (TPSA) is 66.3 Å². The molecule has 0 saturated heterocycles. The number of rotatable bonds is 5. The summed E-state index contributed by atoms with van der Waals surface area (Å²) in [4.78, 5) is 21.2. The van der Waals surface area contributed by atoms with E-state index in [2.05, 4.69) is 9.97 Å². The highest BCUT2D eigenvalue weighted by atomic mass is 16.4. The van der Waals surface area contributed by atoms with E-state index >= 15 is 0 Å². The smallest absolute Gasteiger partial charge is 0.323 e. The van der Waals surface area contributed by atoms with E-state index < -0.39 is 5.97 Å². The molecule has 5 nitrogen and oxygen atoms in total. The quantitative estimate of drug-likeness (QED) is 0.840. The summed E-state index contributed by atoms with van der Waals surface area (Å²) in [6.45, 7) is 3.82. The second kappa shape index (κ2) is 4.69. The molecule has 92 valence electrons. The second-order valence-electron chi connectivity index (χ2n) is 4.67. The predicted molar refractivity (Wildman–Crippen MR) is 64.1 cm³/mol. The average molecular weight is 235 g/mol. The van der Waals surface area contributed by atoms with Gasteiger partial charge in [0, 0.05) is 23.9 Å².